The van der Waals surface area contributed by atoms with E-state index in [4.69, 9.17) is 0 Å². The lowest BCUT2D eigenvalue weighted by molar-refractivity contribution is 0.319. The van der Waals surface area contributed by atoms with Gasteiger partial charge in [-0.25, -0.2) is 8.78 Å². The van der Waals surface area contributed by atoms with E-state index in [0.29, 0.717) is 17.9 Å². The molecule has 2 heterocycles. The van der Waals surface area contributed by atoms with Crippen molar-refractivity contribution in [2.45, 2.75) is 18.9 Å². The number of halogens is 2. The molecule has 0 spiro atoms. The Morgan fingerprint density at radius 1 is 1.37 bits per heavy atom. The third-order valence-electron chi connectivity index (χ3n) is 3.40. The molecule has 1 saturated heterocycles. The van der Waals surface area contributed by atoms with Crippen LogP contribution in [-0.2, 0) is 6.54 Å². The van der Waals surface area contributed by atoms with Gasteiger partial charge in [0.15, 0.2) is 5.82 Å². The average molecular weight is 265 g/mol. The molecule has 0 saturated carbocycles. The fraction of sp³-hybridized carbons (Fsp3) is 0.417. The van der Waals surface area contributed by atoms with Gasteiger partial charge in [0.25, 0.3) is 0 Å². The minimum Gasteiger partial charge on any atom is -0.298 e. The minimum atomic E-state index is -0.412. The number of rotatable bonds is 3. The second kappa shape index (κ2) is 5.00. The first-order chi connectivity index (χ1) is 9.22. The summed E-state index contributed by atoms with van der Waals surface area (Å²) >= 11 is 0. The Bertz CT molecular complexity index is 557. The van der Waals surface area contributed by atoms with E-state index in [0.717, 1.165) is 31.6 Å². The van der Waals surface area contributed by atoms with Gasteiger partial charge < -0.3 is 0 Å². The zero-order valence-electron chi connectivity index (χ0n) is 10.2. The highest BCUT2D eigenvalue weighted by Gasteiger charge is 2.27. The molecule has 1 N–H and O–H groups in total. The maximum absolute atomic E-state index is 13.6. The predicted molar refractivity (Wildman–Crippen MR) is 63.2 cm³/mol. The van der Waals surface area contributed by atoms with Crippen molar-refractivity contribution in [2.24, 2.45) is 0 Å². The van der Waals surface area contributed by atoms with Crippen molar-refractivity contribution < 1.29 is 8.78 Å². The Labute approximate surface area is 108 Å². The Hall–Kier alpha value is -1.89. The average Bonchev–Trinajstić information content (AvgIpc) is 3.04. The molecule has 7 heteroatoms. The van der Waals surface area contributed by atoms with Gasteiger partial charge in [0, 0.05) is 24.6 Å². The topological polar surface area (TPSA) is 57.7 Å². The third-order valence-corrected chi connectivity index (χ3v) is 3.40. The SMILES string of the molecule is Fc1ccc(F)c(CN2CC[C@H](c3nn[nH]n3)C2)c1. The Kier molecular flexibility index (Phi) is 3.20. The van der Waals surface area contributed by atoms with Crippen LogP contribution in [0.15, 0.2) is 18.2 Å². The van der Waals surface area contributed by atoms with Crippen LogP contribution in [0.4, 0.5) is 8.78 Å². The summed E-state index contributed by atoms with van der Waals surface area (Å²) in [4.78, 5) is 2.07. The lowest BCUT2D eigenvalue weighted by atomic mass is 10.1. The van der Waals surface area contributed by atoms with Crippen molar-refractivity contribution in [3.05, 3.63) is 41.2 Å². The van der Waals surface area contributed by atoms with E-state index < -0.39 is 5.82 Å². The molecule has 0 amide bonds. The first-order valence-electron chi connectivity index (χ1n) is 6.12. The molecule has 1 aromatic heterocycles. The van der Waals surface area contributed by atoms with Crippen LogP contribution in [0.2, 0.25) is 0 Å². The number of benzene rings is 1. The molecule has 1 fully saturated rings. The van der Waals surface area contributed by atoms with Crippen molar-refractivity contribution in [3.63, 3.8) is 0 Å². The van der Waals surface area contributed by atoms with E-state index in [-0.39, 0.29) is 11.7 Å². The Morgan fingerprint density at radius 3 is 3.05 bits per heavy atom. The molecule has 19 heavy (non-hydrogen) atoms. The molecular formula is C12H13F2N5. The highest BCUT2D eigenvalue weighted by Crippen LogP contribution is 2.25. The van der Waals surface area contributed by atoms with Gasteiger partial charge in [-0.15, -0.1) is 10.2 Å². The van der Waals surface area contributed by atoms with Crippen LogP contribution in [0.3, 0.4) is 0 Å². The molecule has 5 nitrogen and oxygen atoms in total. The highest BCUT2D eigenvalue weighted by molar-refractivity contribution is 5.19. The van der Waals surface area contributed by atoms with Gasteiger partial charge in [0.2, 0.25) is 0 Å². The van der Waals surface area contributed by atoms with Crippen LogP contribution in [0.1, 0.15) is 23.7 Å². The van der Waals surface area contributed by atoms with Crippen LogP contribution in [0.5, 0.6) is 0 Å². The Morgan fingerprint density at radius 2 is 2.26 bits per heavy atom. The van der Waals surface area contributed by atoms with Gasteiger partial charge in [-0.2, -0.15) is 5.21 Å². The molecule has 1 atom stereocenters. The van der Waals surface area contributed by atoms with Crippen molar-refractivity contribution in [1.82, 2.24) is 25.5 Å². The lowest BCUT2D eigenvalue weighted by Gasteiger charge is -2.15. The van der Waals surface area contributed by atoms with E-state index in [1.165, 1.54) is 6.07 Å². The second-order valence-corrected chi connectivity index (χ2v) is 4.73. The van der Waals surface area contributed by atoms with E-state index in [1.54, 1.807) is 0 Å². The monoisotopic (exact) mass is 265 g/mol. The first kappa shape index (κ1) is 12.2. The van der Waals surface area contributed by atoms with Gasteiger partial charge in [-0.1, -0.05) is 5.21 Å². The van der Waals surface area contributed by atoms with Crippen LogP contribution in [0, 0.1) is 11.6 Å². The van der Waals surface area contributed by atoms with E-state index in [1.807, 2.05) is 0 Å². The van der Waals surface area contributed by atoms with Gasteiger partial charge in [0.05, 0.1) is 0 Å². The highest BCUT2D eigenvalue weighted by atomic mass is 19.1. The summed E-state index contributed by atoms with van der Waals surface area (Å²) in [6.07, 6.45) is 0.899. The summed E-state index contributed by atoms with van der Waals surface area (Å²) in [5.41, 5.74) is 0.383. The molecular weight excluding hydrogens is 252 g/mol. The van der Waals surface area contributed by atoms with Crippen LogP contribution in [0.25, 0.3) is 0 Å². The van der Waals surface area contributed by atoms with Crippen LogP contribution < -0.4 is 0 Å². The molecule has 0 aliphatic carbocycles. The van der Waals surface area contributed by atoms with Crippen molar-refractivity contribution in [1.29, 1.82) is 0 Å². The lowest BCUT2D eigenvalue weighted by Crippen LogP contribution is -2.20. The van der Waals surface area contributed by atoms with E-state index in [2.05, 4.69) is 25.5 Å². The normalized spacial score (nSPS) is 20.0. The number of nitrogens with zero attached hydrogens (tertiary/aromatic N) is 4. The smallest absolute Gasteiger partial charge is 0.178 e. The van der Waals surface area contributed by atoms with Crippen molar-refractivity contribution >= 4 is 0 Å². The van der Waals surface area contributed by atoms with Crippen LogP contribution >= 0.6 is 0 Å². The van der Waals surface area contributed by atoms with Crippen molar-refractivity contribution in [3.8, 4) is 0 Å². The van der Waals surface area contributed by atoms with E-state index in [9.17, 15) is 8.78 Å². The molecule has 0 unspecified atom stereocenters. The molecule has 100 valence electrons. The number of H-pyrrole nitrogens is 1. The number of hydrogen-bond acceptors (Lipinski definition) is 4. The van der Waals surface area contributed by atoms with Gasteiger partial charge in [-0.05, 0) is 31.2 Å². The zero-order chi connectivity index (χ0) is 13.2. The summed E-state index contributed by atoms with van der Waals surface area (Å²) in [5.74, 6) is 0.104. The summed E-state index contributed by atoms with van der Waals surface area (Å²) in [7, 11) is 0. The van der Waals surface area contributed by atoms with Crippen molar-refractivity contribution in [2.75, 3.05) is 13.1 Å². The maximum Gasteiger partial charge on any atom is 0.178 e. The summed E-state index contributed by atoms with van der Waals surface area (Å²) in [5, 5.41) is 13.9. The molecule has 1 aromatic carbocycles. The summed E-state index contributed by atoms with van der Waals surface area (Å²) < 4.78 is 26.7. The quantitative estimate of drug-likeness (QED) is 0.913. The number of nitrogens with one attached hydrogen (secondary N) is 1. The number of aromatic amines is 1. The minimum absolute atomic E-state index is 0.204. The number of likely N-dealkylation sites (tertiary alicyclic amines) is 1. The van der Waals surface area contributed by atoms with Crippen LogP contribution in [-0.4, -0.2) is 38.6 Å². The molecule has 3 rings (SSSR count). The molecule has 0 radical (unpaired) electrons. The second-order valence-electron chi connectivity index (χ2n) is 4.73. The number of aromatic nitrogens is 4. The van der Waals surface area contributed by atoms with E-state index >= 15 is 0 Å². The Balaban J connectivity index is 1.67. The standard InChI is InChI=1S/C12H13F2N5/c13-10-1-2-11(14)9(5-10)7-19-4-3-8(6-19)12-15-17-18-16-12/h1-2,5,8H,3-4,6-7H2,(H,15,16,17,18)/t8-/m0/s1. The molecule has 1 aliphatic heterocycles. The maximum atomic E-state index is 13.6. The zero-order valence-corrected chi connectivity index (χ0v) is 10.2. The van der Waals surface area contributed by atoms with Gasteiger partial charge in [0.1, 0.15) is 11.6 Å². The summed E-state index contributed by atoms with van der Waals surface area (Å²) in [6, 6.07) is 3.54. The molecule has 1 aliphatic rings. The summed E-state index contributed by atoms with van der Waals surface area (Å²) in [6.45, 7) is 1.95. The first-order valence-corrected chi connectivity index (χ1v) is 6.12. The largest absolute Gasteiger partial charge is 0.298 e. The van der Waals surface area contributed by atoms with Gasteiger partial charge >= 0.3 is 0 Å². The number of hydrogen-bond donors (Lipinski definition) is 1. The fourth-order valence-corrected chi connectivity index (χ4v) is 2.43. The predicted octanol–water partition coefficient (Wildman–Crippen LogP) is 1.47. The number of tetrazole rings is 1. The molecule has 2 aromatic rings. The molecule has 0 bridgehead atoms. The third kappa shape index (κ3) is 2.60. The fourth-order valence-electron chi connectivity index (χ4n) is 2.43. The van der Waals surface area contributed by atoms with Gasteiger partial charge in [-0.3, -0.25) is 4.90 Å².